The van der Waals surface area contributed by atoms with Gasteiger partial charge < -0.3 is 0 Å². The molecule has 1 fully saturated rings. The number of Topliss-reactive ketones (excluding diaryl/α,β-unsaturated/α-hetero) is 1. The molecule has 1 saturated carbocycles. The van der Waals surface area contributed by atoms with Gasteiger partial charge in [0.1, 0.15) is 11.7 Å². The summed E-state index contributed by atoms with van der Waals surface area (Å²) in [6.07, 6.45) is 2.47. The van der Waals surface area contributed by atoms with Gasteiger partial charge in [0.05, 0.1) is 10.0 Å². The number of hydrogen-bond donors (Lipinski definition) is 0. The minimum atomic E-state index is -0.974. The Morgan fingerprint density at radius 1 is 1.40 bits per heavy atom. The molecule has 20 heavy (non-hydrogen) atoms. The van der Waals surface area contributed by atoms with Gasteiger partial charge in [-0.25, -0.2) is 0 Å². The van der Waals surface area contributed by atoms with E-state index in [9.17, 15) is 14.9 Å². The Hall–Kier alpha value is -1.13. The normalized spacial score (nSPS) is 17.6. The molecule has 0 radical (unpaired) electrons. The maximum atomic E-state index is 12.4. The number of rotatable bonds is 6. The van der Waals surface area contributed by atoms with Gasteiger partial charge in [0.25, 0.3) is 0 Å². The molecule has 1 aliphatic rings. The lowest BCUT2D eigenvalue weighted by atomic mass is 9.86. The third-order valence-corrected chi connectivity index (χ3v) is 4.39. The predicted molar refractivity (Wildman–Crippen MR) is 78.0 cm³/mol. The van der Waals surface area contributed by atoms with Gasteiger partial charge in [0, 0.05) is 18.3 Å². The Bertz CT molecular complexity index is 543. The molecule has 1 aromatic carbocycles. The van der Waals surface area contributed by atoms with Crippen molar-refractivity contribution in [3.05, 3.63) is 43.9 Å². The molecule has 2 atom stereocenters. The smallest absolute Gasteiger partial charge is 0.224 e. The van der Waals surface area contributed by atoms with Crippen LogP contribution in [0.2, 0.25) is 10.0 Å². The van der Waals surface area contributed by atoms with Crippen LogP contribution in [0.5, 0.6) is 0 Å². The average molecular weight is 316 g/mol. The Morgan fingerprint density at radius 3 is 2.55 bits per heavy atom. The van der Waals surface area contributed by atoms with E-state index in [0.29, 0.717) is 27.9 Å². The molecule has 0 saturated heterocycles. The highest BCUT2D eigenvalue weighted by molar-refractivity contribution is 6.42. The van der Waals surface area contributed by atoms with Crippen LogP contribution in [0.25, 0.3) is 0 Å². The fourth-order valence-corrected chi connectivity index (χ4v) is 2.60. The second-order valence-electron chi connectivity index (χ2n) is 5.29. The summed E-state index contributed by atoms with van der Waals surface area (Å²) in [5.74, 6) is -0.456. The molecule has 108 valence electrons. The van der Waals surface area contributed by atoms with Gasteiger partial charge in [-0.3, -0.25) is 14.9 Å². The topological polar surface area (TPSA) is 60.2 Å². The first-order chi connectivity index (χ1) is 9.40. The fraction of sp³-hybridized carbons (Fsp3) is 0.500. The summed E-state index contributed by atoms with van der Waals surface area (Å²) in [7, 11) is 0. The van der Waals surface area contributed by atoms with Gasteiger partial charge >= 0.3 is 0 Å². The maximum Gasteiger partial charge on any atom is 0.224 e. The minimum Gasteiger partial charge on any atom is -0.299 e. The van der Waals surface area contributed by atoms with Crippen molar-refractivity contribution in [2.45, 2.75) is 38.1 Å². The molecular weight excluding hydrogens is 301 g/mol. The van der Waals surface area contributed by atoms with E-state index in [1.807, 2.05) is 0 Å². The number of carbonyl (C=O) groups is 1. The molecule has 0 aliphatic heterocycles. The Balaban J connectivity index is 2.30. The van der Waals surface area contributed by atoms with E-state index in [2.05, 4.69) is 0 Å². The summed E-state index contributed by atoms with van der Waals surface area (Å²) in [5, 5.41) is 11.7. The maximum absolute atomic E-state index is 12.4. The Labute approximate surface area is 127 Å². The highest BCUT2D eigenvalue weighted by Gasteiger charge is 2.37. The molecule has 2 rings (SSSR count). The van der Waals surface area contributed by atoms with E-state index in [4.69, 9.17) is 23.2 Å². The third kappa shape index (κ3) is 3.49. The molecule has 0 aromatic heterocycles. The van der Waals surface area contributed by atoms with Crippen molar-refractivity contribution in [2.24, 2.45) is 5.92 Å². The van der Waals surface area contributed by atoms with Crippen LogP contribution in [-0.2, 0) is 4.79 Å². The zero-order chi connectivity index (χ0) is 14.9. The van der Waals surface area contributed by atoms with Crippen LogP contribution in [0.15, 0.2) is 18.2 Å². The van der Waals surface area contributed by atoms with Crippen LogP contribution in [-0.4, -0.2) is 16.7 Å². The number of halogens is 2. The van der Waals surface area contributed by atoms with Crippen LogP contribution >= 0.6 is 23.2 Å². The molecular formula is C14H15Cl2NO3. The number of hydrogen-bond acceptors (Lipinski definition) is 3. The zero-order valence-electron chi connectivity index (χ0n) is 11.0. The van der Waals surface area contributed by atoms with Crippen molar-refractivity contribution in [1.82, 2.24) is 0 Å². The van der Waals surface area contributed by atoms with Gasteiger partial charge in [-0.05, 0) is 36.5 Å². The predicted octanol–water partition coefficient (Wildman–Crippen LogP) is 4.11. The number of carbonyl (C=O) groups excluding carboxylic acids is 1. The molecule has 0 heterocycles. The summed E-state index contributed by atoms with van der Waals surface area (Å²) < 4.78 is 0. The van der Waals surface area contributed by atoms with Crippen molar-refractivity contribution in [2.75, 3.05) is 0 Å². The van der Waals surface area contributed by atoms with E-state index in [-0.39, 0.29) is 5.78 Å². The summed E-state index contributed by atoms with van der Waals surface area (Å²) >= 11 is 11.8. The van der Waals surface area contributed by atoms with E-state index in [0.717, 1.165) is 12.8 Å². The van der Waals surface area contributed by atoms with Crippen molar-refractivity contribution in [3.63, 3.8) is 0 Å². The van der Waals surface area contributed by atoms with Crippen LogP contribution in [0.1, 0.15) is 37.7 Å². The molecule has 4 nitrogen and oxygen atoms in total. The second kappa shape index (κ2) is 6.10. The first-order valence-electron chi connectivity index (χ1n) is 6.51. The highest BCUT2D eigenvalue weighted by atomic mass is 35.5. The van der Waals surface area contributed by atoms with Gasteiger partial charge in [0.2, 0.25) is 6.04 Å². The van der Waals surface area contributed by atoms with Crippen LogP contribution in [0, 0.1) is 16.0 Å². The van der Waals surface area contributed by atoms with Gasteiger partial charge in [-0.15, -0.1) is 0 Å². The van der Waals surface area contributed by atoms with E-state index < -0.39 is 16.9 Å². The number of benzene rings is 1. The summed E-state index contributed by atoms with van der Waals surface area (Å²) in [6, 6.07) is 3.80. The molecule has 2 unspecified atom stereocenters. The average Bonchev–Trinajstić information content (AvgIpc) is 3.17. The SMILES string of the molecule is CC(C(C(=O)CC1CC1)c1ccc(Cl)c(Cl)c1)[N+](=O)[O-]. The molecule has 0 bridgehead atoms. The van der Waals surface area contributed by atoms with E-state index >= 15 is 0 Å². The lowest BCUT2D eigenvalue weighted by Gasteiger charge is -2.18. The minimum absolute atomic E-state index is 0.0879. The van der Waals surface area contributed by atoms with Crippen LogP contribution in [0.4, 0.5) is 0 Å². The Kier molecular flexibility index (Phi) is 4.66. The molecule has 6 heteroatoms. The Morgan fingerprint density at radius 2 is 2.05 bits per heavy atom. The monoisotopic (exact) mass is 315 g/mol. The largest absolute Gasteiger partial charge is 0.299 e. The van der Waals surface area contributed by atoms with Gasteiger partial charge in [-0.1, -0.05) is 29.3 Å². The van der Waals surface area contributed by atoms with Crippen molar-refractivity contribution in [3.8, 4) is 0 Å². The van der Waals surface area contributed by atoms with Gasteiger partial charge in [0.15, 0.2) is 0 Å². The lowest BCUT2D eigenvalue weighted by Crippen LogP contribution is -2.30. The van der Waals surface area contributed by atoms with Crippen molar-refractivity contribution < 1.29 is 9.72 Å². The number of nitrogens with zero attached hydrogens (tertiary/aromatic N) is 1. The van der Waals surface area contributed by atoms with E-state index in [1.54, 1.807) is 18.2 Å². The summed E-state index contributed by atoms with van der Waals surface area (Å²) in [6.45, 7) is 1.46. The molecule has 0 amide bonds. The molecule has 1 aromatic rings. The lowest BCUT2D eigenvalue weighted by molar-refractivity contribution is -0.519. The third-order valence-electron chi connectivity index (χ3n) is 3.65. The summed E-state index contributed by atoms with van der Waals surface area (Å²) in [5.41, 5.74) is 0.564. The zero-order valence-corrected chi connectivity index (χ0v) is 12.5. The standard InChI is InChI=1S/C14H15Cl2NO3/c1-8(17(19)20)14(13(18)6-9-2-3-9)10-4-5-11(15)12(16)7-10/h4-5,7-9,14H,2-3,6H2,1H3. The number of ketones is 1. The fourth-order valence-electron chi connectivity index (χ4n) is 2.29. The van der Waals surface area contributed by atoms with Crippen molar-refractivity contribution >= 4 is 29.0 Å². The van der Waals surface area contributed by atoms with E-state index in [1.165, 1.54) is 6.92 Å². The first kappa shape index (κ1) is 15.3. The molecule has 0 spiro atoms. The second-order valence-corrected chi connectivity index (χ2v) is 6.11. The van der Waals surface area contributed by atoms with Gasteiger partial charge in [-0.2, -0.15) is 0 Å². The summed E-state index contributed by atoms with van der Waals surface area (Å²) in [4.78, 5) is 23.0. The molecule has 0 N–H and O–H groups in total. The molecule has 1 aliphatic carbocycles. The van der Waals surface area contributed by atoms with Crippen molar-refractivity contribution in [1.29, 1.82) is 0 Å². The highest BCUT2D eigenvalue weighted by Crippen LogP contribution is 2.37. The first-order valence-corrected chi connectivity index (χ1v) is 7.27. The number of nitro groups is 1. The van der Waals surface area contributed by atoms with Crippen LogP contribution < -0.4 is 0 Å². The quantitative estimate of drug-likeness (QED) is 0.586. The van der Waals surface area contributed by atoms with Crippen LogP contribution in [0.3, 0.4) is 0 Å².